The van der Waals surface area contributed by atoms with Crippen LogP contribution in [0.25, 0.3) is 0 Å². The van der Waals surface area contributed by atoms with Gasteiger partial charge in [-0.1, -0.05) is 26.0 Å². The fourth-order valence-electron chi connectivity index (χ4n) is 1.35. The Hall–Kier alpha value is -0.910. The molecule has 0 aliphatic heterocycles. The molecule has 0 radical (unpaired) electrons. The van der Waals surface area contributed by atoms with Crippen molar-refractivity contribution in [3.63, 3.8) is 0 Å². The molecule has 0 unspecified atom stereocenters. The van der Waals surface area contributed by atoms with E-state index in [2.05, 4.69) is 19.2 Å². The Balaban J connectivity index is 2.94. The number of sulfonamides is 1. The molecule has 4 nitrogen and oxygen atoms in total. The van der Waals surface area contributed by atoms with Gasteiger partial charge in [-0.25, -0.2) is 12.7 Å². The van der Waals surface area contributed by atoms with Crippen molar-refractivity contribution in [1.82, 2.24) is 9.62 Å². The van der Waals surface area contributed by atoms with Crippen molar-refractivity contribution in [2.24, 2.45) is 0 Å². The van der Waals surface area contributed by atoms with Gasteiger partial charge in [0.05, 0.1) is 4.90 Å². The van der Waals surface area contributed by atoms with Crippen molar-refractivity contribution < 1.29 is 8.42 Å². The van der Waals surface area contributed by atoms with Gasteiger partial charge >= 0.3 is 0 Å². The summed E-state index contributed by atoms with van der Waals surface area (Å²) in [6, 6.07) is 7.40. The van der Waals surface area contributed by atoms with Gasteiger partial charge in [0.2, 0.25) is 10.0 Å². The lowest BCUT2D eigenvalue weighted by Crippen LogP contribution is -2.24. The van der Waals surface area contributed by atoms with E-state index in [-0.39, 0.29) is 0 Å². The first-order chi connectivity index (χ1) is 7.84. The lowest BCUT2D eigenvalue weighted by atomic mass is 10.2. The standard InChI is InChI=1S/C12H20N2O2S/c1-10(2)13-9-11-6-5-7-12(8-11)17(15,16)14(3)4/h5-8,10,13H,9H2,1-4H3. The van der Waals surface area contributed by atoms with Crippen LogP contribution in [0.2, 0.25) is 0 Å². The first-order valence-corrected chi connectivity index (χ1v) is 7.03. The van der Waals surface area contributed by atoms with Gasteiger partial charge in [0.15, 0.2) is 0 Å². The predicted molar refractivity (Wildman–Crippen MR) is 69.3 cm³/mol. The van der Waals surface area contributed by atoms with Crippen molar-refractivity contribution in [2.45, 2.75) is 31.3 Å². The lowest BCUT2D eigenvalue weighted by molar-refractivity contribution is 0.520. The van der Waals surface area contributed by atoms with Crippen LogP contribution in [0.3, 0.4) is 0 Å². The normalized spacial score (nSPS) is 12.4. The quantitative estimate of drug-likeness (QED) is 0.867. The topological polar surface area (TPSA) is 49.4 Å². The summed E-state index contributed by atoms with van der Waals surface area (Å²) in [5, 5.41) is 3.26. The molecule has 0 spiro atoms. The van der Waals surface area contributed by atoms with Crippen LogP contribution in [0.5, 0.6) is 0 Å². The molecule has 17 heavy (non-hydrogen) atoms. The minimum absolute atomic E-state index is 0.338. The number of hydrogen-bond donors (Lipinski definition) is 1. The fraction of sp³-hybridized carbons (Fsp3) is 0.500. The average Bonchev–Trinajstić information content (AvgIpc) is 2.26. The fourth-order valence-corrected chi connectivity index (χ4v) is 2.32. The smallest absolute Gasteiger partial charge is 0.242 e. The number of hydrogen-bond acceptors (Lipinski definition) is 3. The average molecular weight is 256 g/mol. The van der Waals surface area contributed by atoms with Crippen LogP contribution in [0.15, 0.2) is 29.2 Å². The minimum atomic E-state index is -3.33. The molecule has 0 bridgehead atoms. The van der Waals surface area contributed by atoms with Gasteiger partial charge in [0, 0.05) is 26.7 Å². The van der Waals surface area contributed by atoms with Crippen molar-refractivity contribution in [3.05, 3.63) is 29.8 Å². The zero-order valence-electron chi connectivity index (χ0n) is 10.8. The number of benzene rings is 1. The second-order valence-electron chi connectivity index (χ2n) is 4.47. The number of nitrogens with one attached hydrogen (secondary N) is 1. The summed E-state index contributed by atoms with van der Waals surface area (Å²) < 4.78 is 25.1. The van der Waals surface area contributed by atoms with E-state index in [0.29, 0.717) is 17.5 Å². The van der Waals surface area contributed by atoms with Crippen molar-refractivity contribution in [1.29, 1.82) is 0 Å². The third-order valence-corrected chi connectivity index (χ3v) is 4.20. The van der Waals surface area contributed by atoms with Crippen molar-refractivity contribution in [2.75, 3.05) is 14.1 Å². The van der Waals surface area contributed by atoms with Crippen molar-refractivity contribution >= 4 is 10.0 Å². The molecule has 0 aliphatic carbocycles. The maximum Gasteiger partial charge on any atom is 0.242 e. The summed E-state index contributed by atoms with van der Waals surface area (Å²) in [4.78, 5) is 0.338. The molecule has 0 aliphatic rings. The van der Waals surface area contributed by atoms with Gasteiger partial charge in [-0.3, -0.25) is 0 Å². The molecule has 5 heteroatoms. The maximum atomic E-state index is 11.9. The van der Waals surface area contributed by atoms with Crippen LogP contribution in [0.1, 0.15) is 19.4 Å². The third kappa shape index (κ3) is 3.80. The number of nitrogens with zero attached hydrogens (tertiary/aromatic N) is 1. The van der Waals surface area contributed by atoms with E-state index >= 15 is 0 Å². The van der Waals surface area contributed by atoms with Crippen LogP contribution < -0.4 is 5.32 Å². The number of rotatable bonds is 5. The summed E-state index contributed by atoms with van der Waals surface area (Å²) in [6.45, 7) is 4.79. The molecule has 0 fully saturated rings. The third-order valence-electron chi connectivity index (χ3n) is 2.39. The molecule has 0 amide bonds. The van der Waals surface area contributed by atoms with Gasteiger partial charge in [-0.05, 0) is 17.7 Å². The molecule has 1 N–H and O–H groups in total. The highest BCUT2D eigenvalue weighted by molar-refractivity contribution is 7.89. The van der Waals surface area contributed by atoms with Crippen LogP contribution in [0, 0.1) is 0 Å². The Bertz CT molecular complexity index is 467. The Morgan fingerprint density at radius 3 is 2.47 bits per heavy atom. The molecular weight excluding hydrogens is 236 g/mol. The zero-order valence-corrected chi connectivity index (χ0v) is 11.6. The monoisotopic (exact) mass is 256 g/mol. The van der Waals surface area contributed by atoms with Gasteiger partial charge in [-0.2, -0.15) is 0 Å². The molecule has 0 atom stereocenters. The van der Waals surface area contributed by atoms with E-state index in [4.69, 9.17) is 0 Å². The van der Waals surface area contributed by atoms with E-state index in [1.54, 1.807) is 18.2 Å². The van der Waals surface area contributed by atoms with E-state index in [0.717, 1.165) is 5.56 Å². The van der Waals surface area contributed by atoms with Gasteiger partial charge in [0.25, 0.3) is 0 Å². The van der Waals surface area contributed by atoms with Crippen molar-refractivity contribution in [3.8, 4) is 0 Å². The molecule has 0 saturated carbocycles. The zero-order chi connectivity index (χ0) is 13.1. The van der Waals surface area contributed by atoms with E-state index in [9.17, 15) is 8.42 Å². The molecule has 96 valence electrons. The summed E-state index contributed by atoms with van der Waals surface area (Å²) in [5.41, 5.74) is 0.974. The highest BCUT2D eigenvalue weighted by atomic mass is 32.2. The summed E-state index contributed by atoms with van der Waals surface area (Å²) in [5.74, 6) is 0. The SMILES string of the molecule is CC(C)NCc1cccc(S(=O)(=O)N(C)C)c1. The minimum Gasteiger partial charge on any atom is -0.310 e. The molecule has 1 aromatic rings. The first kappa shape index (κ1) is 14.2. The Morgan fingerprint density at radius 1 is 1.29 bits per heavy atom. The van der Waals surface area contributed by atoms with Crippen LogP contribution in [-0.4, -0.2) is 32.9 Å². The second-order valence-corrected chi connectivity index (χ2v) is 6.62. The Morgan fingerprint density at radius 2 is 1.94 bits per heavy atom. The van der Waals surface area contributed by atoms with E-state index in [1.807, 2.05) is 6.07 Å². The van der Waals surface area contributed by atoms with Gasteiger partial charge < -0.3 is 5.32 Å². The van der Waals surface area contributed by atoms with E-state index in [1.165, 1.54) is 18.4 Å². The Labute approximate surface area is 104 Å². The molecule has 0 heterocycles. The maximum absolute atomic E-state index is 11.9. The molecule has 1 rings (SSSR count). The first-order valence-electron chi connectivity index (χ1n) is 5.59. The van der Waals surface area contributed by atoms with Gasteiger partial charge in [-0.15, -0.1) is 0 Å². The summed E-state index contributed by atoms with van der Waals surface area (Å²) in [6.07, 6.45) is 0. The largest absolute Gasteiger partial charge is 0.310 e. The summed E-state index contributed by atoms with van der Waals surface area (Å²) in [7, 11) is -0.260. The Kier molecular flexibility index (Phi) is 4.68. The molecule has 0 aromatic heterocycles. The lowest BCUT2D eigenvalue weighted by Gasteiger charge is -2.13. The highest BCUT2D eigenvalue weighted by Gasteiger charge is 2.16. The van der Waals surface area contributed by atoms with Crippen LogP contribution in [0.4, 0.5) is 0 Å². The highest BCUT2D eigenvalue weighted by Crippen LogP contribution is 2.14. The van der Waals surface area contributed by atoms with Gasteiger partial charge in [0.1, 0.15) is 0 Å². The van der Waals surface area contributed by atoms with E-state index < -0.39 is 10.0 Å². The van der Waals surface area contributed by atoms with Crippen LogP contribution in [-0.2, 0) is 16.6 Å². The molecular formula is C12H20N2O2S. The van der Waals surface area contributed by atoms with Crippen LogP contribution >= 0.6 is 0 Å². The predicted octanol–water partition coefficient (Wildman–Crippen LogP) is 1.43. The second kappa shape index (κ2) is 5.62. The summed E-state index contributed by atoms with van der Waals surface area (Å²) >= 11 is 0. The molecule has 0 saturated heterocycles. The molecule has 1 aromatic carbocycles.